The molecule has 2 aromatic rings. The minimum Gasteiger partial charge on any atom is -0.399 e. The van der Waals surface area contributed by atoms with E-state index in [1.807, 2.05) is 30.3 Å². The van der Waals surface area contributed by atoms with Crippen molar-refractivity contribution in [3.05, 3.63) is 66.7 Å². The smallest absolute Gasteiger partial charge is 0.0385 e. The molecule has 0 saturated carbocycles. The largest absolute Gasteiger partial charge is 0.399 e. The Balaban J connectivity index is 2.08. The molecular formula is C15H16N2. The summed E-state index contributed by atoms with van der Waals surface area (Å²) in [6.07, 6.45) is 2.81. The summed E-state index contributed by atoms with van der Waals surface area (Å²) >= 11 is 0. The SMILES string of the molecule is C=CCc1ccc(Nc2ccc(N)cc2)cc1. The molecule has 2 aromatic carbocycles. The van der Waals surface area contributed by atoms with E-state index in [-0.39, 0.29) is 0 Å². The van der Waals surface area contributed by atoms with Crippen LogP contribution in [0.1, 0.15) is 5.56 Å². The monoisotopic (exact) mass is 224 g/mol. The van der Waals surface area contributed by atoms with Crippen molar-refractivity contribution in [1.29, 1.82) is 0 Å². The minimum atomic E-state index is 0.775. The van der Waals surface area contributed by atoms with Crippen LogP contribution < -0.4 is 11.1 Å². The highest BCUT2D eigenvalue weighted by atomic mass is 14.9. The summed E-state index contributed by atoms with van der Waals surface area (Å²) in [6.45, 7) is 3.73. The summed E-state index contributed by atoms with van der Waals surface area (Å²) in [4.78, 5) is 0. The Hall–Kier alpha value is -2.22. The maximum atomic E-state index is 5.64. The molecule has 0 spiro atoms. The van der Waals surface area contributed by atoms with Crippen LogP contribution in [0.3, 0.4) is 0 Å². The summed E-state index contributed by atoms with van der Waals surface area (Å²) in [5, 5.41) is 3.32. The van der Waals surface area contributed by atoms with Gasteiger partial charge in [-0.1, -0.05) is 18.2 Å². The standard InChI is InChI=1S/C15H16N2/c1-2-3-12-4-8-14(9-5-12)17-15-10-6-13(16)7-11-15/h2,4-11,17H,1,3,16H2. The molecule has 0 amide bonds. The Bertz CT molecular complexity index is 483. The van der Waals surface area contributed by atoms with Crippen molar-refractivity contribution in [3.63, 3.8) is 0 Å². The lowest BCUT2D eigenvalue weighted by Crippen LogP contribution is -1.91. The second-order valence-corrected chi connectivity index (χ2v) is 3.94. The van der Waals surface area contributed by atoms with E-state index >= 15 is 0 Å². The van der Waals surface area contributed by atoms with E-state index in [0.29, 0.717) is 0 Å². The van der Waals surface area contributed by atoms with Gasteiger partial charge in [-0.05, 0) is 48.4 Å². The Morgan fingerprint density at radius 3 is 2.00 bits per heavy atom. The summed E-state index contributed by atoms with van der Waals surface area (Å²) in [7, 11) is 0. The number of nitrogens with two attached hydrogens (primary N) is 1. The van der Waals surface area contributed by atoms with E-state index < -0.39 is 0 Å². The fourth-order valence-electron chi connectivity index (χ4n) is 1.62. The number of hydrogen-bond acceptors (Lipinski definition) is 2. The quantitative estimate of drug-likeness (QED) is 0.613. The van der Waals surface area contributed by atoms with Crippen molar-refractivity contribution in [2.75, 3.05) is 11.1 Å². The van der Waals surface area contributed by atoms with Gasteiger partial charge in [-0.2, -0.15) is 0 Å². The van der Waals surface area contributed by atoms with Crippen LogP contribution in [0.15, 0.2) is 61.2 Å². The maximum absolute atomic E-state index is 5.64. The van der Waals surface area contributed by atoms with Crippen LogP contribution in [-0.2, 0) is 6.42 Å². The lowest BCUT2D eigenvalue weighted by molar-refractivity contribution is 1.28. The van der Waals surface area contributed by atoms with Gasteiger partial charge in [-0.25, -0.2) is 0 Å². The lowest BCUT2D eigenvalue weighted by atomic mass is 10.1. The van der Waals surface area contributed by atoms with Gasteiger partial charge in [-0.15, -0.1) is 6.58 Å². The molecule has 0 heterocycles. The first kappa shape index (κ1) is 11.3. The second-order valence-electron chi connectivity index (χ2n) is 3.94. The highest BCUT2D eigenvalue weighted by Gasteiger charge is 1.95. The number of nitrogens with one attached hydrogen (secondary N) is 1. The van der Waals surface area contributed by atoms with Crippen molar-refractivity contribution < 1.29 is 0 Å². The van der Waals surface area contributed by atoms with E-state index in [2.05, 4.69) is 36.2 Å². The van der Waals surface area contributed by atoms with E-state index in [1.165, 1.54) is 5.56 Å². The Morgan fingerprint density at radius 1 is 0.941 bits per heavy atom. The van der Waals surface area contributed by atoms with Crippen molar-refractivity contribution in [1.82, 2.24) is 0 Å². The van der Waals surface area contributed by atoms with Gasteiger partial charge in [-0.3, -0.25) is 0 Å². The van der Waals surface area contributed by atoms with Crippen LogP contribution in [0.2, 0.25) is 0 Å². The molecule has 0 aliphatic carbocycles. The molecule has 3 N–H and O–H groups in total. The molecule has 0 fully saturated rings. The first-order chi connectivity index (χ1) is 8.28. The number of hydrogen-bond donors (Lipinski definition) is 2. The van der Waals surface area contributed by atoms with Gasteiger partial charge in [0.25, 0.3) is 0 Å². The zero-order chi connectivity index (χ0) is 12.1. The second kappa shape index (κ2) is 5.21. The van der Waals surface area contributed by atoms with E-state index in [9.17, 15) is 0 Å². The molecule has 0 atom stereocenters. The predicted molar refractivity (Wildman–Crippen MR) is 74.5 cm³/mol. The third kappa shape index (κ3) is 3.11. The van der Waals surface area contributed by atoms with E-state index in [1.54, 1.807) is 0 Å². The normalized spacial score (nSPS) is 9.88. The lowest BCUT2D eigenvalue weighted by Gasteiger charge is -2.07. The van der Waals surface area contributed by atoms with Crippen LogP contribution in [0.25, 0.3) is 0 Å². The number of allylic oxidation sites excluding steroid dienone is 1. The molecule has 0 aliphatic rings. The van der Waals surface area contributed by atoms with Gasteiger partial charge in [0, 0.05) is 17.1 Å². The number of rotatable bonds is 4. The molecule has 2 heteroatoms. The number of nitrogen functional groups attached to an aromatic ring is 1. The fraction of sp³-hybridized carbons (Fsp3) is 0.0667. The molecular weight excluding hydrogens is 208 g/mol. The maximum Gasteiger partial charge on any atom is 0.0385 e. The van der Waals surface area contributed by atoms with Crippen LogP contribution in [0, 0.1) is 0 Å². The number of anilines is 3. The molecule has 2 nitrogen and oxygen atoms in total. The van der Waals surface area contributed by atoms with Crippen LogP contribution in [0.5, 0.6) is 0 Å². The van der Waals surface area contributed by atoms with Crippen molar-refractivity contribution in [2.24, 2.45) is 0 Å². The zero-order valence-corrected chi connectivity index (χ0v) is 9.69. The van der Waals surface area contributed by atoms with Crippen molar-refractivity contribution in [2.45, 2.75) is 6.42 Å². The Labute approximate surface area is 102 Å². The van der Waals surface area contributed by atoms with Gasteiger partial charge >= 0.3 is 0 Å². The molecule has 2 rings (SSSR count). The molecule has 17 heavy (non-hydrogen) atoms. The molecule has 0 bridgehead atoms. The average Bonchev–Trinajstić information content (AvgIpc) is 2.35. The van der Waals surface area contributed by atoms with E-state index in [4.69, 9.17) is 5.73 Å². The van der Waals surface area contributed by atoms with Crippen LogP contribution >= 0.6 is 0 Å². The van der Waals surface area contributed by atoms with Crippen molar-refractivity contribution in [3.8, 4) is 0 Å². The third-order valence-corrected chi connectivity index (χ3v) is 2.53. The molecule has 0 radical (unpaired) electrons. The molecule has 86 valence electrons. The fourth-order valence-corrected chi connectivity index (χ4v) is 1.62. The van der Waals surface area contributed by atoms with Crippen LogP contribution in [0.4, 0.5) is 17.1 Å². The van der Waals surface area contributed by atoms with E-state index in [0.717, 1.165) is 23.5 Å². The zero-order valence-electron chi connectivity index (χ0n) is 9.69. The van der Waals surface area contributed by atoms with Crippen molar-refractivity contribution >= 4 is 17.1 Å². The molecule has 0 aliphatic heterocycles. The molecule has 0 unspecified atom stereocenters. The molecule has 0 saturated heterocycles. The Morgan fingerprint density at radius 2 is 1.47 bits per heavy atom. The van der Waals surface area contributed by atoms with Gasteiger partial charge in [0.05, 0.1) is 0 Å². The topological polar surface area (TPSA) is 38.0 Å². The Kier molecular flexibility index (Phi) is 3.46. The first-order valence-electron chi connectivity index (χ1n) is 5.60. The minimum absolute atomic E-state index is 0.775. The summed E-state index contributed by atoms with van der Waals surface area (Å²) < 4.78 is 0. The van der Waals surface area contributed by atoms with Gasteiger partial charge in [0.2, 0.25) is 0 Å². The summed E-state index contributed by atoms with van der Waals surface area (Å²) in [6, 6.07) is 16.0. The summed E-state index contributed by atoms with van der Waals surface area (Å²) in [5.74, 6) is 0. The predicted octanol–water partition coefficient (Wildman–Crippen LogP) is 3.74. The van der Waals surface area contributed by atoms with Crippen LogP contribution in [-0.4, -0.2) is 0 Å². The van der Waals surface area contributed by atoms with Gasteiger partial charge in [0.1, 0.15) is 0 Å². The average molecular weight is 224 g/mol. The summed E-state index contributed by atoms with van der Waals surface area (Å²) in [5.41, 5.74) is 9.79. The highest BCUT2D eigenvalue weighted by molar-refractivity contribution is 5.61. The third-order valence-electron chi connectivity index (χ3n) is 2.53. The molecule has 0 aromatic heterocycles. The highest BCUT2D eigenvalue weighted by Crippen LogP contribution is 2.18. The first-order valence-corrected chi connectivity index (χ1v) is 5.60. The van der Waals surface area contributed by atoms with Gasteiger partial charge < -0.3 is 11.1 Å². The van der Waals surface area contributed by atoms with Gasteiger partial charge in [0.15, 0.2) is 0 Å². The number of benzene rings is 2.